The lowest BCUT2D eigenvalue weighted by molar-refractivity contribution is 0.243. The molecule has 0 aromatic carbocycles. The number of nitrogen functional groups attached to an aromatic ring is 1. The fourth-order valence-corrected chi connectivity index (χ4v) is 0.881. The van der Waals surface area contributed by atoms with Crippen LogP contribution in [0.5, 0.6) is 0 Å². The van der Waals surface area contributed by atoms with Crippen molar-refractivity contribution in [3.8, 4) is 0 Å². The smallest absolute Gasteiger partial charge is 0.320 e. The molecule has 0 unspecified atom stereocenters. The van der Waals surface area contributed by atoms with Gasteiger partial charge in [-0.15, -0.1) is 0 Å². The number of nitrogens with two attached hydrogens (primary N) is 1. The van der Waals surface area contributed by atoms with E-state index in [1.807, 2.05) is 20.8 Å². The third kappa shape index (κ3) is 2.96. The quantitative estimate of drug-likeness (QED) is 0.539. The summed E-state index contributed by atoms with van der Waals surface area (Å²) in [5.41, 5.74) is 5.65. The maximum Gasteiger partial charge on any atom is 0.320 e. The van der Waals surface area contributed by atoms with Crippen LogP contribution in [-0.4, -0.2) is 21.8 Å². The van der Waals surface area contributed by atoms with Crippen LogP contribution in [0.3, 0.4) is 0 Å². The summed E-state index contributed by atoms with van der Waals surface area (Å²) in [6, 6.07) is -0.312. The Labute approximate surface area is 82.3 Å². The molecule has 6 nitrogen and oxygen atoms in total. The van der Waals surface area contributed by atoms with Crippen LogP contribution in [0, 0.1) is 0 Å². The van der Waals surface area contributed by atoms with Crippen LogP contribution < -0.4 is 16.4 Å². The van der Waals surface area contributed by atoms with Gasteiger partial charge in [0.2, 0.25) is 0 Å². The largest absolute Gasteiger partial charge is 0.394 e. The molecule has 6 heteroatoms. The molecule has 0 bridgehead atoms. The van der Waals surface area contributed by atoms with E-state index in [9.17, 15) is 4.79 Å². The molecule has 0 saturated carbocycles. The van der Waals surface area contributed by atoms with Crippen LogP contribution in [0.4, 0.5) is 16.3 Å². The number of urea groups is 1. The van der Waals surface area contributed by atoms with Gasteiger partial charge in [-0.05, 0) is 20.8 Å². The molecule has 0 fully saturated rings. The first-order chi connectivity index (χ1) is 6.38. The summed E-state index contributed by atoms with van der Waals surface area (Å²) in [6.07, 6.45) is 1.44. The average molecular weight is 197 g/mol. The minimum absolute atomic E-state index is 0.279. The fraction of sp³-hybridized carbons (Fsp3) is 0.500. The molecular formula is C8H15N5O. The predicted octanol–water partition coefficient (Wildman–Crippen LogP) is 0.912. The normalized spacial score (nSPS) is 11.1. The summed E-state index contributed by atoms with van der Waals surface area (Å²) in [5.74, 6) is 0.409. The number of aromatic amines is 1. The number of anilines is 2. The highest BCUT2D eigenvalue weighted by atomic mass is 16.2. The average Bonchev–Trinajstić information content (AvgIpc) is 2.32. The van der Waals surface area contributed by atoms with Crippen molar-refractivity contribution in [2.24, 2.45) is 0 Å². The zero-order valence-electron chi connectivity index (χ0n) is 8.51. The van der Waals surface area contributed by atoms with Crippen molar-refractivity contribution in [2.45, 2.75) is 26.3 Å². The zero-order valence-corrected chi connectivity index (χ0v) is 8.51. The van der Waals surface area contributed by atoms with E-state index in [0.717, 1.165) is 0 Å². The number of H-pyrrole nitrogens is 1. The van der Waals surface area contributed by atoms with Gasteiger partial charge >= 0.3 is 6.03 Å². The van der Waals surface area contributed by atoms with E-state index in [0.29, 0.717) is 11.5 Å². The van der Waals surface area contributed by atoms with Gasteiger partial charge in [0.1, 0.15) is 0 Å². The van der Waals surface area contributed by atoms with Gasteiger partial charge in [0.15, 0.2) is 5.82 Å². The van der Waals surface area contributed by atoms with Crippen molar-refractivity contribution in [3.63, 3.8) is 0 Å². The van der Waals surface area contributed by atoms with Gasteiger partial charge < -0.3 is 11.1 Å². The predicted molar refractivity (Wildman–Crippen MR) is 54.9 cm³/mol. The SMILES string of the molecule is CC(C)(C)NC(=O)Nc1[nH]ncc1N. The molecule has 1 rings (SSSR count). The third-order valence-electron chi connectivity index (χ3n) is 1.40. The number of hydrogen-bond donors (Lipinski definition) is 4. The van der Waals surface area contributed by atoms with Gasteiger partial charge in [0.05, 0.1) is 11.9 Å². The Morgan fingerprint density at radius 1 is 1.57 bits per heavy atom. The van der Waals surface area contributed by atoms with E-state index in [4.69, 9.17) is 5.73 Å². The van der Waals surface area contributed by atoms with Gasteiger partial charge in [-0.25, -0.2) is 4.79 Å². The molecule has 0 spiro atoms. The minimum atomic E-state index is -0.312. The molecule has 1 aromatic rings. The van der Waals surface area contributed by atoms with Crippen molar-refractivity contribution < 1.29 is 4.79 Å². The van der Waals surface area contributed by atoms with Crippen LogP contribution in [-0.2, 0) is 0 Å². The molecule has 0 atom stereocenters. The van der Waals surface area contributed by atoms with E-state index < -0.39 is 0 Å². The molecule has 1 heterocycles. The van der Waals surface area contributed by atoms with Gasteiger partial charge in [0, 0.05) is 5.54 Å². The van der Waals surface area contributed by atoms with Crippen molar-refractivity contribution in [1.82, 2.24) is 15.5 Å². The summed E-state index contributed by atoms with van der Waals surface area (Å²) in [6.45, 7) is 5.68. The topological polar surface area (TPSA) is 95.8 Å². The number of nitrogens with one attached hydrogen (secondary N) is 3. The second-order valence-electron chi connectivity index (χ2n) is 4.03. The minimum Gasteiger partial charge on any atom is -0.394 e. The van der Waals surface area contributed by atoms with E-state index >= 15 is 0 Å². The van der Waals surface area contributed by atoms with Gasteiger partial charge in [-0.2, -0.15) is 5.10 Å². The highest BCUT2D eigenvalue weighted by Gasteiger charge is 2.14. The van der Waals surface area contributed by atoms with E-state index in [-0.39, 0.29) is 11.6 Å². The number of carbonyl (C=O) groups is 1. The summed E-state index contributed by atoms with van der Waals surface area (Å²) in [7, 11) is 0. The Bertz CT molecular complexity index is 325. The monoisotopic (exact) mass is 197 g/mol. The third-order valence-corrected chi connectivity index (χ3v) is 1.40. The second kappa shape index (κ2) is 3.57. The van der Waals surface area contributed by atoms with Gasteiger partial charge in [-0.3, -0.25) is 10.4 Å². The number of hydrogen-bond acceptors (Lipinski definition) is 3. The molecule has 0 aliphatic heterocycles. The van der Waals surface area contributed by atoms with Crippen LogP contribution in [0.2, 0.25) is 0 Å². The first kappa shape index (κ1) is 10.4. The van der Waals surface area contributed by atoms with Crippen molar-refractivity contribution in [1.29, 1.82) is 0 Å². The summed E-state index contributed by atoms with van der Waals surface area (Å²) in [5, 5.41) is 11.5. The molecule has 0 saturated heterocycles. The second-order valence-corrected chi connectivity index (χ2v) is 4.03. The van der Waals surface area contributed by atoms with Crippen molar-refractivity contribution in [2.75, 3.05) is 11.1 Å². The number of nitrogens with zero attached hydrogens (tertiary/aromatic N) is 1. The Morgan fingerprint density at radius 2 is 2.21 bits per heavy atom. The summed E-state index contributed by atoms with van der Waals surface area (Å²) >= 11 is 0. The standard InChI is InChI=1S/C8H15N5O/c1-8(2,3)12-7(14)11-6-5(9)4-10-13-6/h4H,9H2,1-3H3,(H3,10,11,12,13,14). The molecule has 78 valence electrons. The Morgan fingerprint density at radius 3 is 2.64 bits per heavy atom. The zero-order chi connectivity index (χ0) is 10.8. The summed E-state index contributed by atoms with van der Waals surface area (Å²) in [4.78, 5) is 11.4. The highest BCUT2D eigenvalue weighted by Crippen LogP contribution is 2.12. The first-order valence-corrected chi connectivity index (χ1v) is 4.26. The van der Waals surface area contributed by atoms with E-state index in [2.05, 4.69) is 20.8 Å². The van der Waals surface area contributed by atoms with E-state index in [1.54, 1.807) is 0 Å². The summed E-state index contributed by atoms with van der Waals surface area (Å²) < 4.78 is 0. The maximum absolute atomic E-state index is 11.4. The molecule has 14 heavy (non-hydrogen) atoms. The Hall–Kier alpha value is -1.72. The molecule has 0 radical (unpaired) electrons. The molecule has 5 N–H and O–H groups in total. The maximum atomic E-state index is 11.4. The number of amides is 2. The lowest BCUT2D eigenvalue weighted by Crippen LogP contribution is -2.43. The highest BCUT2D eigenvalue weighted by molar-refractivity contribution is 5.91. The van der Waals surface area contributed by atoms with Crippen molar-refractivity contribution >= 4 is 17.5 Å². The molecular weight excluding hydrogens is 182 g/mol. The number of rotatable bonds is 1. The lowest BCUT2D eigenvalue weighted by atomic mass is 10.1. The molecule has 0 aliphatic rings. The molecule has 1 aromatic heterocycles. The first-order valence-electron chi connectivity index (χ1n) is 4.26. The van der Waals surface area contributed by atoms with Gasteiger partial charge in [-0.1, -0.05) is 0 Å². The fourth-order valence-electron chi connectivity index (χ4n) is 0.881. The number of aromatic nitrogens is 2. The van der Waals surface area contributed by atoms with Crippen LogP contribution in [0.15, 0.2) is 6.20 Å². The van der Waals surface area contributed by atoms with Crippen molar-refractivity contribution in [3.05, 3.63) is 6.20 Å². The van der Waals surface area contributed by atoms with Crippen LogP contribution >= 0.6 is 0 Å². The Balaban J connectivity index is 2.54. The van der Waals surface area contributed by atoms with Gasteiger partial charge in [0.25, 0.3) is 0 Å². The number of carbonyl (C=O) groups excluding carboxylic acids is 1. The van der Waals surface area contributed by atoms with E-state index in [1.165, 1.54) is 6.20 Å². The van der Waals surface area contributed by atoms with Crippen LogP contribution in [0.1, 0.15) is 20.8 Å². The molecule has 2 amide bonds. The van der Waals surface area contributed by atoms with Crippen LogP contribution in [0.25, 0.3) is 0 Å². The lowest BCUT2D eigenvalue weighted by Gasteiger charge is -2.20. The molecule has 0 aliphatic carbocycles. The Kier molecular flexibility index (Phi) is 2.64.